The van der Waals surface area contributed by atoms with Gasteiger partial charge in [0.05, 0.1) is 17.1 Å². The first kappa shape index (κ1) is 24.9. The molecule has 4 nitrogen and oxygen atoms in total. The summed E-state index contributed by atoms with van der Waals surface area (Å²) in [6.07, 6.45) is 1.84. The summed E-state index contributed by atoms with van der Waals surface area (Å²) < 4.78 is 6.20. The summed E-state index contributed by atoms with van der Waals surface area (Å²) in [7, 11) is 0. The number of pyridine rings is 1. The van der Waals surface area contributed by atoms with Crippen molar-refractivity contribution in [2.75, 3.05) is 0 Å². The summed E-state index contributed by atoms with van der Waals surface area (Å²) >= 11 is 0. The van der Waals surface area contributed by atoms with E-state index in [4.69, 9.17) is 19.4 Å². The van der Waals surface area contributed by atoms with Crippen LogP contribution in [0.2, 0.25) is 0 Å². The average molecular weight is 552 g/mol. The van der Waals surface area contributed by atoms with E-state index in [0.29, 0.717) is 5.82 Å². The molecule has 3 heterocycles. The van der Waals surface area contributed by atoms with Crippen LogP contribution in [0.25, 0.3) is 78.2 Å². The van der Waals surface area contributed by atoms with Crippen LogP contribution < -0.4 is 0 Å². The van der Waals surface area contributed by atoms with E-state index >= 15 is 0 Å². The van der Waals surface area contributed by atoms with Crippen molar-refractivity contribution in [1.82, 2.24) is 15.0 Å². The first-order valence-electron chi connectivity index (χ1n) is 14.3. The van der Waals surface area contributed by atoms with Crippen LogP contribution in [0.1, 0.15) is 0 Å². The highest BCUT2D eigenvalue weighted by Crippen LogP contribution is 2.40. The van der Waals surface area contributed by atoms with E-state index in [1.165, 1.54) is 5.56 Å². The number of para-hydroxylation sites is 1. The Kier molecular flexibility index (Phi) is 6.08. The fourth-order valence-corrected chi connectivity index (χ4v) is 5.71. The predicted molar refractivity (Wildman–Crippen MR) is 174 cm³/mol. The molecule has 0 atom stereocenters. The van der Waals surface area contributed by atoms with Gasteiger partial charge in [-0.2, -0.15) is 0 Å². The van der Waals surface area contributed by atoms with Gasteiger partial charge in [-0.05, 0) is 41.5 Å². The van der Waals surface area contributed by atoms with E-state index in [0.717, 1.165) is 66.8 Å². The van der Waals surface area contributed by atoms with Crippen LogP contribution in [0.15, 0.2) is 156 Å². The lowest BCUT2D eigenvalue weighted by Crippen LogP contribution is -1.98. The Morgan fingerprint density at radius 3 is 1.88 bits per heavy atom. The largest absolute Gasteiger partial charge is 0.456 e. The topological polar surface area (TPSA) is 51.8 Å². The maximum atomic E-state index is 6.20. The SMILES string of the molecule is c1ccc(-c2ccc(-c3cc(-c4cccnc4-c4cccc5oc6ccccc6c45)nc(-c4ccccc4)n3)cc2)cc1. The smallest absolute Gasteiger partial charge is 0.160 e. The molecule has 0 aliphatic heterocycles. The fraction of sp³-hybridized carbons (Fsp3) is 0. The number of hydrogen-bond acceptors (Lipinski definition) is 4. The Balaban J connectivity index is 1.32. The minimum atomic E-state index is 0.669. The Labute approximate surface area is 249 Å². The Morgan fingerprint density at radius 1 is 0.442 bits per heavy atom. The monoisotopic (exact) mass is 551 g/mol. The Bertz CT molecular complexity index is 2220. The van der Waals surface area contributed by atoms with Gasteiger partial charge in [0.15, 0.2) is 5.82 Å². The maximum absolute atomic E-state index is 6.20. The zero-order valence-corrected chi connectivity index (χ0v) is 23.2. The number of rotatable bonds is 5. The molecular weight excluding hydrogens is 526 g/mol. The van der Waals surface area contributed by atoms with Crippen LogP contribution in [0.5, 0.6) is 0 Å². The summed E-state index contributed by atoms with van der Waals surface area (Å²) in [5.74, 6) is 0.669. The van der Waals surface area contributed by atoms with Crippen molar-refractivity contribution in [1.29, 1.82) is 0 Å². The average Bonchev–Trinajstić information content (AvgIpc) is 3.48. The summed E-state index contributed by atoms with van der Waals surface area (Å²) in [5.41, 5.74) is 10.5. The molecule has 8 aromatic rings. The fourth-order valence-electron chi connectivity index (χ4n) is 5.71. The van der Waals surface area contributed by atoms with E-state index in [1.807, 2.05) is 79.0 Å². The molecule has 0 bridgehead atoms. The predicted octanol–water partition coefficient (Wildman–Crippen LogP) is 10.1. The molecule has 0 saturated carbocycles. The second kappa shape index (κ2) is 10.5. The molecule has 43 heavy (non-hydrogen) atoms. The van der Waals surface area contributed by atoms with Crippen LogP contribution in [-0.2, 0) is 0 Å². The molecule has 0 spiro atoms. The lowest BCUT2D eigenvalue weighted by Gasteiger charge is -2.13. The highest BCUT2D eigenvalue weighted by atomic mass is 16.3. The molecule has 0 N–H and O–H groups in total. The number of fused-ring (bicyclic) bond motifs is 3. The van der Waals surface area contributed by atoms with E-state index in [-0.39, 0.29) is 0 Å². The van der Waals surface area contributed by atoms with Gasteiger partial charge in [-0.15, -0.1) is 0 Å². The van der Waals surface area contributed by atoms with Gasteiger partial charge >= 0.3 is 0 Å². The van der Waals surface area contributed by atoms with E-state index < -0.39 is 0 Å². The highest BCUT2D eigenvalue weighted by molar-refractivity contribution is 6.13. The third-order valence-electron chi connectivity index (χ3n) is 7.79. The molecule has 0 unspecified atom stereocenters. The normalized spacial score (nSPS) is 11.3. The number of hydrogen-bond donors (Lipinski definition) is 0. The van der Waals surface area contributed by atoms with Crippen molar-refractivity contribution >= 4 is 21.9 Å². The number of aromatic nitrogens is 3. The minimum absolute atomic E-state index is 0.669. The molecule has 202 valence electrons. The molecule has 3 aromatic heterocycles. The number of benzene rings is 5. The summed E-state index contributed by atoms with van der Waals surface area (Å²) in [5, 5.41) is 2.11. The van der Waals surface area contributed by atoms with Gasteiger partial charge < -0.3 is 4.42 Å². The van der Waals surface area contributed by atoms with Gasteiger partial charge in [-0.3, -0.25) is 4.98 Å². The number of nitrogens with zero attached hydrogens (tertiary/aromatic N) is 3. The van der Waals surface area contributed by atoms with Crippen LogP contribution in [-0.4, -0.2) is 15.0 Å². The van der Waals surface area contributed by atoms with Gasteiger partial charge in [-0.1, -0.05) is 115 Å². The summed E-state index contributed by atoms with van der Waals surface area (Å²) in [6, 6.07) is 49.5. The first-order valence-corrected chi connectivity index (χ1v) is 14.3. The van der Waals surface area contributed by atoms with Gasteiger partial charge in [0.2, 0.25) is 0 Å². The second-order valence-electron chi connectivity index (χ2n) is 10.4. The van der Waals surface area contributed by atoms with Crippen molar-refractivity contribution < 1.29 is 4.42 Å². The molecule has 0 radical (unpaired) electrons. The van der Waals surface area contributed by atoms with Gasteiger partial charge in [-0.25, -0.2) is 9.97 Å². The molecule has 4 heteroatoms. The quantitative estimate of drug-likeness (QED) is 0.214. The molecule has 0 aliphatic rings. The first-order chi connectivity index (χ1) is 21.3. The molecule has 0 aliphatic carbocycles. The molecule has 0 fully saturated rings. The third-order valence-corrected chi connectivity index (χ3v) is 7.79. The second-order valence-corrected chi connectivity index (χ2v) is 10.4. The maximum Gasteiger partial charge on any atom is 0.160 e. The zero-order valence-electron chi connectivity index (χ0n) is 23.2. The van der Waals surface area contributed by atoms with Crippen LogP contribution in [0.3, 0.4) is 0 Å². The van der Waals surface area contributed by atoms with E-state index in [9.17, 15) is 0 Å². The highest BCUT2D eigenvalue weighted by Gasteiger charge is 2.19. The molecule has 0 amide bonds. The van der Waals surface area contributed by atoms with Crippen molar-refractivity contribution in [3.8, 4) is 56.3 Å². The minimum Gasteiger partial charge on any atom is -0.456 e. The standard InChI is InChI=1S/C39H25N3O/c1-3-11-26(12-4-1)27-20-22-28(23-21-27)33-25-34(42-39(41-33)29-13-5-2-6-14-29)30-17-10-24-40-38(30)32-16-9-19-36-37(32)31-15-7-8-18-35(31)43-36/h1-25H. The third kappa shape index (κ3) is 4.55. The molecule has 0 saturated heterocycles. The molecule has 5 aromatic carbocycles. The zero-order chi connectivity index (χ0) is 28.6. The van der Waals surface area contributed by atoms with Gasteiger partial charge in [0.25, 0.3) is 0 Å². The van der Waals surface area contributed by atoms with Crippen LogP contribution >= 0.6 is 0 Å². The Morgan fingerprint density at radius 2 is 1.07 bits per heavy atom. The van der Waals surface area contributed by atoms with Crippen molar-refractivity contribution in [2.24, 2.45) is 0 Å². The Hall–Kier alpha value is -5.87. The summed E-state index contributed by atoms with van der Waals surface area (Å²) in [6.45, 7) is 0. The molecule has 8 rings (SSSR count). The summed E-state index contributed by atoms with van der Waals surface area (Å²) in [4.78, 5) is 15.1. The van der Waals surface area contributed by atoms with E-state index in [1.54, 1.807) is 0 Å². The van der Waals surface area contributed by atoms with Gasteiger partial charge in [0, 0.05) is 39.2 Å². The van der Waals surface area contributed by atoms with Crippen LogP contribution in [0, 0.1) is 0 Å². The number of furan rings is 1. The van der Waals surface area contributed by atoms with Crippen LogP contribution in [0.4, 0.5) is 0 Å². The van der Waals surface area contributed by atoms with Gasteiger partial charge in [0.1, 0.15) is 11.2 Å². The van der Waals surface area contributed by atoms with Crippen molar-refractivity contribution in [3.63, 3.8) is 0 Å². The van der Waals surface area contributed by atoms with E-state index in [2.05, 4.69) is 72.8 Å². The van der Waals surface area contributed by atoms with Crippen molar-refractivity contribution in [3.05, 3.63) is 152 Å². The lowest BCUT2D eigenvalue weighted by molar-refractivity contribution is 0.669. The molecular formula is C39H25N3O. The van der Waals surface area contributed by atoms with Crippen molar-refractivity contribution in [2.45, 2.75) is 0 Å². The lowest BCUT2D eigenvalue weighted by atomic mass is 9.97.